The Balaban J connectivity index is 1.73. The van der Waals surface area contributed by atoms with Crippen LogP contribution in [0.4, 0.5) is 0 Å². The van der Waals surface area contributed by atoms with E-state index in [2.05, 4.69) is 21.4 Å². The van der Waals surface area contributed by atoms with E-state index in [1.54, 1.807) is 17.4 Å². The van der Waals surface area contributed by atoms with Crippen LogP contribution in [0.1, 0.15) is 24.8 Å². The van der Waals surface area contributed by atoms with Crippen LogP contribution in [0.2, 0.25) is 0 Å². The van der Waals surface area contributed by atoms with Gasteiger partial charge in [0.1, 0.15) is 0 Å². The van der Waals surface area contributed by atoms with Gasteiger partial charge in [-0.05, 0) is 51.9 Å². The number of carbonyl (C=O) groups excluding carboxylic acids is 1. The van der Waals surface area contributed by atoms with E-state index in [4.69, 9.17) is 9.57 Å². The number of amides is 1. The van der Waals surface area contributed by atoms with Crippen molar-refractivity contribution >= 4 is 39.2 Å². The molecule has 0 aromatic carbocycles. The molecule has 2 rings (SSSR count). The van der Waals surface area contributed by atoms with Crippen LogP contribution in [0.15, 0.2) is 21.3 Å². The van der Waals surface area contributed by atoms with Gasteiger partial charge in [-0.15, -0.1) is 11.3 Å². The molecule has 2 heterocycles. The quantitative estimate of drug-likeness (QED) is 0.681. The molecule has 1 fully saturated rings. The highest BCUT2D eigenvalue weighted by molar-refractivity contribution is 9.11. The minimum Gasteiger partial charge on any atom is -0.350 e. The number of rotatable bonds is 4. The van der Waals surface area contributed by atoms with Crippen LogP contribution < -0.4 is 5.48 Å². The first-order valence-electron chi connectivity index (χ1n) is 5.73. The highest BCUT2D eigenvalue weighted by Crippen LogP contribution is 2.21. The van der Waals surface area contributed by atoms with Gasteiger partial charge in [0, 0.05) is 19.1 Å². The highest BCUT2D eigenvalue weighted by atomic mass is 79.9. The van der Waals surface area contributed by atoms with Gasteiger partial charge in [-0.3, -0.25) is 4.79 Å². The van der Waals surface area contributed by atoms with E-state index in [-0.39, 0.29) is 12.2 Å². The molecule has 0 bridgehead atoms. The zero-order valence-electron chi connectivity index (χ0n) is 9.73. The topological polar surface area (TPSA) is 47.6 Å². The molecule has 1 aromatic rings. The van der Waals surface area contributed by atoms with Crippen molar-refractivity contribution < 1.29 is 14.4 Å². The molecule has 18 heavy (non-hydrogen) atoms. The summed E-state index contributed by atoms with van der Waals surface area (Å²) in [4.78, 5) is 16.6. The molecule has 1 aliphatic rings. The summed E-state index contributed by atoms with van der Waals surface area (Å²) < 4.78 is 6.37. The van der Waals surface area contributed by atoms with E-state index in [1.165, 1.54) is 6.08 Å². The molecule has 0 spiro atoms. The summed E-state index contributed by atoms with van der Waals surface area (Å²) in [5, 5.41) is 1.96. The zero-order chi connectivity index (χ0) is 12.8. The molecular formula is C12H14BrNO3S. The predicted molar refractivity (Wildman–Crippen MR) is 73.9 cm³/mol. The molecule has 1 atom stereocenters. The van der Waals surface area contributed by atoms with Crippen LogP contribution in [-0.2, 0) is 14.4 Å². The molecule has 0 aliphatic carbocycles. The van der Waals surface area contributed by atoms with E-state index in [0.717, 1.165) is 28.6 Å². The zero-order valence-corrected chi connectivity index (χ0v) is 12.1. The fraction of sp³-hybridized carbons (Fsp3) is 0.417. The van der Waals surface area contributed by atoms with E-state index >= 15 is 0 Å². The maximum atomic E-state index is 11.5. The summed E-state index contributed by atoms with van der Waals surface area (Å²) in [5.74, 6) is -0.286. The molecular weight excluding hydrogens is 318 g/mol. The number of hydrogen-bond acceptors (Lipinski definition) is 4. The third kappa shape index (κ3) is 4.53. The second kappa shape index (κ2) is 7.04. The number of hydrogen-bond donors (Lipinski definition) is 1. The molecule has 1 aromatic heterocycles. The molecule has 4 nitrogen and oxygen atoms in total. The van der Waals surface area contributed by atoms with Crippen molar-refractivity contribution in [2.24, 2.45) is 0 Å². The standard InChI is InChI=1S/C12H14BrNO3S/c13-10-7-9(8-18-10)4-5-11(15)14-17-12-3-1-2-6-16-12/h4-5,7-8,12H,1-3,6H2,(H,14,15)/b5-4+/t12-/m1/s1. The van der Waals surface area contributed by atoms with Gasteiger partial charge >= 0.3 is 0 Å². The maximum Gasteiger partial charge on any atom is 0.267 e. The van der Waals surface area contributed by atoms with Crippen LogP contribution in [0.25, 0.3) is 6.08 Å². The Morgan fingerprint density at radius 3 is 3.17 bits per heavy atom. The molecule has 1 saturated heterocycles. The van der Waals surface area contributed by atoms with Crippen LogP contribution in [0, 0.1) is 0 Å². The molecule has 1 amide bonds. The average Bonchev–Trinajstić information content (AvgIpc) is 2.81. The fourth-order valence-electron chi connectivity index (χ4n) is 1.54. The third-order valence-electron chi connectivity index (χ3n) is 2.44. The molecule has 1 N–H and O–H groups in total. The Morgan fingerprint density at radius 2 is 2.50 bits per heavy atom. The van der Waals surface area contributed by atoms with E-state index < -0.39 is 0 Å². The number of thiophene rings is 1. The van der Waals surface area contributed by atoms with Gasteiger partial charge in [-0.1, -0.05) is 0 Å². The second-order valence-corrected chi connectivity index (χ2v) is 6.19. The first-order chi connectivity index (χ1) is 8.74. The first-order valence-corrected chi connectivity index (χ1v) is 7.40. The van der Waals surface area contributed by atoms with Crippen molar-refractivity contribution in [2.45, 2.75) is 25.6 Å². The number of hydroxylamine groups is 1. The van der Waals surface area contributed by atoms with E-state index in [0.29, 0.717) is 6.61 Å². The normalized spacial score (nSPS) is 20.2. The Bertz CT molecular complexity index is 427. The van der Waals surface area contributed by atoms with Crippen LogP contribution in [0.3, 0.4) is 0 Å². The minimum atomic E-state index is -0.314. The predicted octanol–water partition coefficient (Wildman–Crippen LogP) is 3.10. The molecule has 98 valence electrons. The molecule has 0 radical (unpaired) electrons. The van der Waals surface area contributed by atoms with Crippen molar-refractivity contribution in [3.63, 3.8) is 0 Å². The third-order valence-corrected chi connectivity index (χ3v) is 3.97. The fourth-order valence-corrected chi connectivity index (χ4v) is 2.69. The van der Waals surface area contributed by atoms with Crippen LogP contribution in [0.5, 0.6) is 0 Å². The minimum absolute atomic E-state index is 0.286. The second-order valence-electron chi connectivity index (χ2n) is 3.90. The van der Waals surface area contributed by atoms with Gasteiger partial charge in [0.25, 0.3) is 5.91 Å². The summed E-state index contributed by atoms with van der Waals surface area (Å²) in [6.07, 6.45) is 5.81. The van der Waals surface area contributed by atoms with E-state index in [1.807, 2.05) is 11.4 Å². The van der Waals surface area contributed by atoms with Crippen molar-refractivity contribution in [2.75, 3.05) is 6.61 Å². The SMILES string of the molecule is O=C(/C=C/c1csc(Br)c1)NO[C@@H]1CCCCO1. The van der Waals surface area contributed by atoms with Crippen molar-refractivity contribution in [1.82, 2.24) is 5.48 Å². The molecule has 0 saturated carbocycles. The van der Waals surface area contributed by atoms with Gasteiger partial charge in [0.15, 0.2) is 6.29 Å². The van der Waals surface area contributed by atoms with Gasteiger partial charge in [-0.25, -0.2) is 10.3 Å². The monoisotopic (exact) mass is 331 g/mol. The number of ether oxygens (including phenoxy) is 1. The van der Waals surface area contributed by atoms with E-state index in [9.17, 15) is 4.79 Å². The Kier molecular flexibility index (Phi) is 5.37. The number of carbonyl (C=O) groups is 1. The lowest BCUT2D eigenvalue weighted by Crippen LogP contribution is -2.32. The Hall–Kier alpha value is -0.690. The van der Waals surface area contributed by atoms with Gasteiger partial charge in [-0.2, -0.15) is 0 Å². The smallest absolute Gasteiger partial charge is 0.267 e. The maximum absolute atomic E-state index is 11.5. The summed E-state index contributed by atoms with van der Waals surface area (Å²) in [5.41, 5.74) is 3.35. The first kappa shape index (κ1) is 13.7. The molecule has 6 heteroatoms. The largest absolute Gasteiger partial charge is 0.350 e. The van der Waals surface area contributed by atoms with Crippen molar-refractivity contribution in [3.05, 3.63) is 26.9 Å². The lowest BCUT2D eigenvalue weighted by Gasteiger charge is -2.21. The number of nitrogens with one attached hydrogen (secondary N) is 1. The Morgan fingerprint density at radius 1 is 1.61 bits per heavy atom. The van der Waals surface area contributed by atoms with Gasteiger partial charge < -0.3 is 4.74 Å². The Labute approximate surface area is 118 Å². The van der Waals surface area contributed by atoms with Gasteiger partial charge in [0.2, 0.25) is 0 Å². The molecule has 1 aliphatic heterocycles. The van der Waals surface area contributed by atoms with Crippen molar-refractivity contribution in [3.8, 4) is 0 Å². The van der Waals surface area contributed by atoms with Gasteiger partial charge in [0.05, 0.1) is 3.79 Å². The van der Waals surface area contributed by atoms with Crippen LogP contribution in [-0.4, -0.2) is 18.8 Å². The van der Waals surface area contributed by atoms with Crippen molar-refractivity contribution in [1.29, 1.82) is 0 Å². The van der Waals surface area contributed by atoms with Crippen LogP contribution >= 0.6 is 27.3 Å². The number of halogens is 1. The lowest BCUT2D eigenvalue weighted by molar-refractivity contribution is -0.198. The highest BCUT2D eigenvalue weighted by Gasteiger charge is 2.14. The average molecular weight is 332 g/mol. The summed E-state index contributed by atoms with van der Waals surface area (Å²) in [7, 11) is 0. The lowest BCUT2D eigenvalue weighted by atomic mass is 10.2. The summed E-state index contributed by atoms with van der Waals surface area (Å²) >= 11 is 4.94. The summed E-state index contributed by atoms with van der Waals surface area (Å²) in [6, 6.07) is 1.94. The summed E-state index contributed by atoms with van der Waals surface area (Å²) in [6.45, 7) is 0.694. The molecule has 0 unspecified atom stereocenters.